The number of carbonyl (C=O) groups excluding carboxylic acids is 1. The van der Waals surface area contributed by atoms with Gasteiger partial charge in [-0.1, -0.05) is 25.7 Å². The van der Waals surface area contributed by atoms with Crippen molar-refractivity contribution in [1.82, 2.24) is 10.2 Å². The standard InChI is InChI=1S/C16H30N2O2/c19-13-10-15-9-3-4-12-18(15)16(20)17-11-5-8-14-6-1-2-7-14/h14-15,19H,1-13H2,(H,17,20). The molecule has 2 aliphatic rings. The quantitative estimate of drug-likeness (QED) is 0.736. The van der Waals surface area contributed by atoms with Crippen LogP contribution in [0.15, 0.2) is 0 Å². The fraction of sp³-hybridized carbons (Fsp3) is 0.938. The lowest BCUT2D eigenvalue weighted by molar-refractivity contribution is 0.132. The average Bonchev–Trinajstić information content (AvgIpc) is 2.97. The van der Waals surface area contributed by atoms with Crippen LogP contribution in [0, 0.1) is 5.92 Å². The molecule has 0 spiro atoms. The molecule has 1 unspecified atom stereocenters. The summed E-state index contributed by atoms with van der Waals surface area (Å²) in [5.74, 6) is 0.907. The maximum absolute atomic E-state index is 12.2. The summed E-state index contributed by atoms with van der Waals surface area (Å²) in [6.45, 7) is 1.83. The SMILES string of the molecule is O=C(NCCCC1CCCC1)N1CCCCC1CCO. The van der Waals surface area contributed by atoms with Gasteiger partial charge < -0.3 is 15.3 Å². The van der Waals surface area contributed by atoms with Gasteiger partial charge in [0.1, 0.15) is 0 Å². The van der Waals surface area contributed by atoms with Crippen LogP contribution in [0.5, 0.6) is 0 Å². The summed E-state index contributed by atoms with van der Waals surface area (Å²) in [4.78, 5) is 14.2. The predicted molar refractivity (Wildman–Crippen MR) is 80.6 cm³/mol. The Bertz CT molecular complexity index is 288. The number of hydrogen-bond donors (Lipinski definition) is 2. The summed E-state index contributed by atoms with van der Waals surface area (Å²) in [7, 11) is 0. The molecular weight excluding hydrogens is 252 g/mol. The molecular formula is C16H30N2O2. The molecule has 0 aromatic carbocycles. The molecule has 0 aromatic rings. The molecule has 20 heavy (non-hydrogen) atoms. The lowest BCUT2D eigenvalue weighted by Gasteiger charge is -2.35. The second-order valence-corrected chi connectivity index (χ2v) is 6.38. The number of likely N-dealkylation sites (tertiary alicyclic amines) is 1. The molecule has 2 N–H and O–H groups in total. The highest BCUT2D eigenvalue weighted by atomic mass is 16.3. The van der Waals surface area contributed by atoms with Crippen LogP contribution in [0.25, 0.3) is 0 Å². The van der Waals surface area contributed by atoms with Gasteiger partial charge in [0.25, 0.3) is 0 Å². The highest BCUT2D eigenvalue weighted by Crippen LogP contribution is 2.28. The number of nitrogens with one attached hydrogen (secondary N) is 1. The minimum Gasteiger partial charge on any atom is -0.396 e. The zero-order valence-corrected chi connectivity index (χ0v) is 12.6. The van der Waals surface area contributed by atoms with E-state index in [4.69, 9.17) is 5.11 Å². The molecule has 2 amide bonds. The zero-order chi connectivity index (χ0) is 14.2. The molecule has 1 heterocycles. The molecule has 1 atom stereocenters. The highest BCUT2D eigenvalue weighted by Gasteiger charge is 2.25. The first-order chi connectivity index (χ1) is 9.81. The van der Waals surface area contributed by atoms with Gasteiger partial charge in [-0.15, -0.1) is 0 Å². The number of aliphatic hydroxyl groups excluding tert-OH is 1. The molecule has 0 aromatic heterocycles. The molecule has 1 aliphatic carbocycles. The molecule has 0 radical (unpaired) electrons. The summed E-state index contributed by atoms with van der Waals surface area (Å²) in [5, 5.41) is 12.2. The molecule has 4 nitrogen and oxygen atoms in total. The number of aliphatic hydroxyl groups is 1. The Balaban J connectivity index is 1.64. The van der Waals surface area contributed by atoms with Crippen LogP contribution >= 0.6 is 0 Å². The van der Waals surface area contributed by atoms with Gasteiger partial charge in [-0.2, -0.15) is 0 Å². The Morgan fingerprint density at radius 1 is 1.10 bits per heavy atom. The lowest BCUT2D eigenvalue weighted by atomic mass is 10.00. The van der Waals surface area contributed by atoms with Crippen molar-refractivity contribution in [2.75, 3.05) is 19.7 Å². The minimum atomic E-state index is 0.0783. The molecule has 2 rings (SSSR count). The van der Waals surface area contributed by atoms with Gasteiger partial charge in [0.2, 0.25) is 0 Å². The Kier molecular flexibility index (Phi) is 6.64. The van der Waals surface area contributed by atoms with Crippen molar-refractivity contribution in [1.29, 1.82) is 0 Å². The normalized spacial score (nSPS) is 24.1. The Morgan fingerprint density at radius 3 is 2.60 bits per heavy atom. The largest absolute Gasteiger partial charge is 0.396 e. The summed E-state index contributed by atoms with van der Waals surface area (Å²) < 4.78 is 0. The fourth-order valence-electron chi connectivity index (χ4n) is 3.70. The molecule has 1 saturated heterocycles. The van der Waals surface area contributed by atoms with Crippen LogP contribution in [-0.4, -0.2) is 41.8 Å². The van der Waals surface area contributed by atoms with Crippen molar-refractivity contribution >= 4 is 6.03 Å². The van der Waals surface area contributed by atoms with Crippen molar-refractivity contribution in [3.8, 4) is 0 Å². The molecule has 1 aliphatic heterocycles. The van der Waals surface area contributed by atoms with E-state index in [1.807, 2.05) is 4.90 Å². The van der Waals surface area contributed by atoms with Crippen LogP contribution in [0.1, 0.15) is 64.2 Å². The maximum atomic E-state index is 12.2. The van der Waals surface area contributed by atoms with Gasteiger partial charge in [-0.25, -0.2) is 4.79 Å². The van der Waals surface area contributed by atoms with Crippen LogP contribution in [-0.2, 0) is 0 Å². The summed E-state index contributed by atoms with van der Waals surface area (Å²) in [6.07, 6.45) is 12.0. The van der Waals surface area contributed by atoms with E-state index in [1.54, 1.807) is 0 Å². The van der Waals surface area contributed by atoms with Crippen molar-refractivity contribution < 1.29 is 9.90 Å². The van der Waals surface area contributed by atoms with Gasteiger partial charge >= 0.3 is 6.03 Å². The summed E-state index contributed by atoms with van der Waals surface area (Å²) >= 11 is 0. The van der Waals surface area contributed by atoms with Crippen LogP contribution in [0.2, 0.25) is 0 Å². The van der Waals surface area contributed by atoms with Crippen molar-refractivity contribution in [2.45, 2.75) is 70.3 Å². The first-order valence-corrected chi connectivity index (χ1v) is 8.46. The first-order valence-electron chi connectivity index (χ1n) is 8.46. The number of hydrogen-bond acceptors (Lipinski definition) is 2. The van der Waals surface area contributed by atoms with Gasteiger partial charge in [0.05, 0.1) is 0 Å². The number of carbonyl (C=O) groups is 1. The third kappa shape index (κ3) is 4.65. The Labute approximate surface area is 122 Å². The number of rotatable bonds is 6. The Hall–Kier alpha value is -0.770. The summed E-state index contributed by atoms with van der Waals surface area (Å²) in [5.41, 5.74) is 0. The monoisotopic (exact) mass is 282 g/mol. The van der Waals surface area contributed by atoms with Crippen molar-refractivity contribution in [3.05, 3.63) is 0 Å². The van der Waals surface area contributed by atoms with Crippen LogP contribution < -0.4 is 5.32 Å². The van der Waals surface area contributed by atoms with Crippen molar-refractivity contribution in [3.63, 3.8) is 0 Å². The number of urea groups is 1. The number of amides is 2. The second-order valence-electron chi connectivity index (χ2n) is 6.38. The molecule has 116 valence electrons. The van der Waals surface area contributed by atoms with Crippen LogP contribution in [0.3, 0.4) is 0 Å². The van der Waals surface area contributed by atoms with E-state index >= 15 is 0 Å². The van der Waals surface area contributed by atoms with E-state index in [0.29, 0.717) is 0 Å². The predicted octanol–water partition coefficient (Wildman–Crippen LogP) is 2.90. The average molecular weight is 282 g/mol. The van der Waals surface area contributed by atoms with E-state index in [9.17, 15) is 4.79 Å². The molecule has 2 fully saturated rings. The van der Waals surface area contributed by atoms with Gasteiger partial charge in [-0.3, -0.25) is 0 Å². The van der Waals surface area contributed by atoms with Crippen LogP contribution in [0.4, 0.5) is 4.79 Å². The van der Waals surface area contributed by atoms with E-state index in [1.165, 1.54) is 38.5 Å². The van der Waals surface area contributed by atoms with Gasteiger partial charge in [-0.05, 0) is 44.4 Å². The third-order valence-electron chi connectivity index (χ3n) is 4.89. The maximum Gasteiger partial charge on any atom is 0.317 e. The van der Waals surface area contributed by atoms with E-state index in [2.05, 4.69) is 5.32 Å². The van der Waals surface area contributed by atoms with Gasteiger partial charge in [0, 0.05) is 25.7 Å². The van der Waals surface area contributed by atoms with E-state index < -0.39 is 0 Å². The first kappa shape index (κ1) is 15.6. The van der Waals surface area contributed by atoms with E-state index in [0.717, 1.165) is 44.7 Å². The van der Waals surface area contributed by atoms with Crippen molar-refractivity contribution in [2.24, 2.45) is 5.92 Å². The number of nitrogens with zero attached hydrogens (tertiary/aromatic N) is 1. The van der Waals surface area contributed by atoms with E-state index in [-0.39, 0.29) is 18.7 Å². The zero-order valence-electron chi connectivity index (χ0n) is 12.6. The second kappa shape index (κ2) is 8.50. The Morgan fingerprint density at radius 2 is 1.85 bits per heavy atom. The molecule has 0 bridgehead atoms. The molecule has 4 heteroatoms. The molecule has 1 saturated carbocycles. The third-order valence-corrected chi connectivity index (χ3v) is 4.89. The highest BCUT2D eigenvalue weighted by molar-refractivity contribution is 5.74. The lowest BCUT2D eigenvalue weighted by Crippen LogP contribution is -2.49. The fourth-order valence-corrected chi connectivity index (χ4v) is 3.70. The number of piperidine rings is 1. The topological polar surface area (TPSA) is 52.6 Å². The summed E-state index contributed by atoms with van der Waals surface area (Å²) in [6, 6.07) is 0.318. The van der Waals surface area contributed by atoms with Gasteiger partial charge in [0.15, 0.2) is 0 Å². The minimum absolute atomic E-state index is 0.0783. The smallest absolute Gasteiger partial charge is 0.317 e.